The number of rotatable bonds is 7. The van der Waals surface area contributed by atoms with Gasteiger partial charge in [0.2, 0.25) is 5.91 Å². The van der Waals surface area contributed by atoms with Crippen LogP contribution in [0.15, 0.2) is 24.3 Å². The minimum atomic E-state index is 0.119. The van der Waals surface area contributed by atoms with E-state index in [1.165, 1.54) is 0 Å². The van der Waals surface area contributed by atoms with Gasteiger partial charge < -0.3 is 15.0 Å². The normalized spacial score (nSPS) is 15.9. The van der Waals surface area contributed by atoms with E-state index >= 15 is 0 Å². The molecule has 1 N–H and O–H groups in total. The van der Waals surface area contributed by atoms with Crippen LogP contribution in [-0.2, 0) is 11.2 Å². The maximum atomic E-state index is 12.6. The number of likely N-dealkylation sites (tertiary alicyclic amines) is 1. The van der Waals surface area contributed by atoms with Crippen LogP contribution in [0.25, 0.3) is 0 Å². The van der Waals surface area contributed by atoms with Crippen molar-refractivity contribution in [3.8, 4) is 5.75 Å². The highest BCUT2D eigenvalue weighted by molar-refractivity contribution is 5.79. The van der Waals surface area contributed by atoms with E-state index in [2.05, 4.69) is 12.2 Å². The average molecular weight is 318 g/mol. The molecule has 1 aromatic carbocycles. The molecular weight excluding hydrogens is 288 g/mol. The maximum Gasteiger partial charge on any atom is 0.227 e. The molecule has 1 aliphatic heterocycles. The molecule has 1 aliphatic rings. The third-order valence-electron chi connectivity index (χ3n) is 4.33. The molecule has 0 aliphatic carbocycles. The van der Waals surface area contributed by atoms with Crippen molar-refractivity contribution in [3.05, 3.63) is 29.8 Å². The number of carbonyl (C=O) groups is 1. The molecule has 2 rings (SSSR count). The van der Waals surface area contributed by atoms with Gasteiger partial charge in [0.15, 0.2) is 0 Å². The Morgan fingerprint density at radius 3 is 2.65 bits per heavy atom. The smallest absolute Gasteiger partial charge is 0.227 e. The van der Waals surface area contributed by atoms with Gasteiger partial charge in [0, 0.05) is 18.7 Å². The number of hydrogen-bond donors (Lipinski definition) is 1. The van der Waals surface area contributed by atoms with Crippen LogP contribution in [0, 0.1) is 5.92 Å². The Morgan fingerprint density at radius 1 is 1.30 bits per heavy atom. The highest BCUT2D eigenvalue weighted by Crippen LogP contribution is 2.22. The molecule has 1 fully saturated rings. The first-order valence-corrected chi connectivity index (χ1v) is 8.83. The van der Waals surface area contributed by atoms with Crippen molar-refractivity contribution in [1.82, 2.24) is 10.2 Å². The molecule has 1 amide bonds. The number of piperidine rings is 1. The lowest BCUT2D eigenvalue weighted by atomic mass is 9.96. The van der Waals surface area contributed by atoms with E-state index in [4.69, 9.17) is 4.74 Å². The molecule has 1 saturated heterocycles. The van der Waals surface area contributed by atoms with Crippen molar-refractivity contribution >= 4 is 5.91 Å². The highest BCUT2D eigenvalue weighted by Gasteiger charge is 2.23. The van der Waals surface area contributed by atoms with E-state index < -0.39 is 0 Å². The zero-order valence-corrected chi connectivity index (χ0v) is 14.7. The number of amides is 1. The van der Waals surface area contributed by atoms with Crippen LogP contribution >= 0.6 is 0 Å². The van der Waals surface area contributed by atoms with E-state index in [9.17, 15) is 4.79 Å². The summed E-state index contributed by atoms with van der Waals surface area (Å²) in [5, 5.41) is 3.41. The summed E-state index contributed by atoms with van der Waals surface area (Å²) in [6.07, 6.45) is 2.75. The molecule has 1 aromatic rings. The van der Waals surface area contributed by atoms with Crippen molar-refractivity contribution in [2.24, 2.45) is 5.92 Å². The topological polar surface area (TPSA) is 41.6 Å². The fourth-order valence-corrected chi connectivity index (χ4v) is 3.03. The van der Waals surface area contributed by atoms with Crippen molar-refractivity contribution in [2.45, 2.75) is 46.1 Å². The summed E-state index contributed by atoms with van der Waals surface area (Å²) in [7, 11) is 0. The molecule has 0 atom stereocenters. The Labute approximate surface area is 140 Å². The highest BCUT2D eigenvalue weighted by atomic mass is 16.5. The third-order valence-corrected chi connectivity index (χ3v) is 4.33. The standard InChI is InChI=1S/C19H30N2O2/c1-4-20-14-16-9-11-21(12-10-16)19(22)13-17-7-5-6-8-18(17)23-15(2)3/h5-8,15-16,20H,4,9-14H2,1-3H3. The number of nitrogens with zero attached hydrogens (tertiary/aromatic N) is 1. The minimum absolute atomic E-state index is 0.119. The Hall–Kier alpha value is -1.55. The van der Waals surface area contributed by atoms with Gasteiger partial charge >= 0.3 is 0 Å². The Kier molecular flexibility index (Phi) is 6.90. The molecule has 0 radical (unpaired) electrons. The summed E-state index contributed by atoms with van der Waals surface area (Å²) < 4.78 is 5.82. The van der Waals surface area contributed by atoms with E-state index in [0.717, 1.165) is 50.3 Å². The van der Waals surface area contributed by atoms with Gasteiger partial charge in [0.25, 0.3) is 0 Å². The monoisotopic (exact) mass is 318 g/mol. The van der Waals surface area contributed by atoms with Crippen molar-refractivity contribution < 1.29 is 9.53 Å². The molecule has 0 aromatic heterocycles. The summed E-state index contributed by atoms with van der Waals surface area (Å²) >= 11 is 0. The van der Waals surface area contributed by atoms with Crippen LogP contribution in [0.1, 0.15) is 39.2 Å². The number of benzene rings is 1. The Bertz CT molecular complexity index is 494. The maximum absolute atomic E-state index is 12.6. The van der Waals surface area contributed by atoms with Gasteiger partial charge in [-0.05, 0) is 51.8 Å². The summed E-state index contributed by atoms with van der Waals surface area (Å²) in [6, 6.07) is 7.87. The van der Waals surface area contributed by atoms with Crippen molar-refractivity contribution in [2.75, 3.05) is 26.2 Å². The number of ether oxygens (including phenoxy) is 1. The molecule has 0 spiro atoms. The first-order chi connectivity index (χ1) is 11.1. The average Bonchev–Trinajstić information content (AvgIpc) is 2.54. The molecule has 4 nitrogen and oxygen atoms in total. The van der Waals surface area contributed by atoms with Crippen LogP contribution in [0.2, 0.25) is 0 Å². The summed E-state index contributed by atoms with van der Waals surface area (Å²) in [5.41, 5.74) is 0.987. The van der Waals surface area contributed by atoms with Gasteiger partial charge in [-0.3, -0.25) is 4.79 Å². The Morgan fingerprint density at radius 2 is 2.00 bits per heavy atom. The second kappa shape index (κ2) is 8.92. The molecule has 4 heteroatoms. The first-order valence-electron chi connectivity index (χ1n) is 8.83. The Balaban J connectivity index is 1.88. The fourth-order valence-electron chi connectivity index (χ4n) is 3.03. The van der Waals surface area contributed by atoms with Crippen LogP contribution in [0.3, 0.4) is 0 Å². The second-order valence-corrected chi connectivity index (χ2v) is 6.58. The van der Waals surface area contributed by atoms with Crippen molar-refractivity contribution in [1.29, 1.82) is 0 Å². The van der Waals surface area contributed by atoms with Gasteiger partial charge in [0.1, 0.15) is 5.75 Å². The van der Waals surface area contributed by atoms with Gasteiger partial charge in [-0.15, -0.1) is 0 Å². The number of hydrogen-bond acceptors (Lipinski definition) is 3. The van der Waals surface area contributed by atoms with Gasteiger partial charge in [-0.2, -0.15) is 0 Å². The molecule has 0 bridgehead atoms. The molecule has 0 saturated carbocycles. The number of carbonyl (C=O) groups excluding carboxylic acids is 1. The molecule has 0 unspecified atom stereocenters. The molecule has 1 heterocycles. The number of nitrogens with one attached hydrogen (secondary N) is 1. The van der Waals surface area contributed by atoms with Crippen LogP contribution in [0.5, 0.6) is 5.75 Å². The zero-order chi connectivity index (χ0) is 16.7. The van der Waals surface area contributed by atoms with Crippen LogP contribution in [-0.4, -0.2) is 43.1 Å². The van der Waals surface area contributed by atoms with Gasteiger partial charge in [-0.1, -0.05) is 25.1 Å². The third kappa shape index (κ3) is 5.54. The first kappa shape index (κ1) is 17.8. The lowest BCUT2D eigenvalue weighted by Gasteiger charge is -2.32. The van der Waals surface area contributed by atoms with E-state index in [1.54, 1.807) is 0 Å². The largest absolute Gasteiger partial charge is 0.491 e. The summed E-state index contributed by atoms with van der Waals surface area (Å²) in [5.74, 6) is 1.75. The van der Waals surface area contributed by atoms with Crippen LogP contribution in [0.4, 0.5) is 0 Å². The van der Waals surface area contributed by atoms with Crippen molar-refractivity contribution in [3.63, 3.8) is 0 Å². The predicted octanol–water partition coefficient (Wildman–Crippen LogP) is 2.86. The predicted molar refractivity (Wildman–Crippen MR) is 93.8 cm³/mol. The van der Waals surface area contributed by atoms with E-state index in [-0.39, 0.29) is 12.0 Å². The summed E-state index contributed by atoms with van der Waals surface area (Å²) in [4.78, 5) is 14.6. The zero-order valence-electron chi connectivity index (χ0n) is 14.7. The molecule has 128 valence electrons. The lowest BCUT2D eigenvalue weighted by molar-refractivity contribution is -0.131. The second-order valence-electron chi connectivity index (χ2n) is 6.58. The quantitative estimate of drug-likeness (QED) is 0.840. The fraction of sp³-hybridized carbons (Fsp3) is 0.632. The lowest BCUT2D eigenvalue weighted by Crippen LogP contribution is -2.41. The summed E-state index contributed by atoms with van der Waals surface area (Å²) in [6.45, 7) is 10.00. The SMILES string of the molecule is CCNCC1CCN(C(=O)Cc2ccccc2OC(C)C)CC1. The van der Waals surface area contributed by atoms with Crippen LogP contribution < -0.4 is 10.1 Å². The van der Waals surface area contributed by atoms with Gasteiger partial charge in [0.05, 0.1) is 12.5 Å². The minimum Gasteiger partial charge on any atom is -0.491 e. The van der Waals surface area contributed by atoms with Gasteiger partial charge in [-0.25, -0.2) is 0 Å². The van der Waals surface area contributed by atoms with E-state index in [0.29, 0.717) is 12.3 Å². The number of para-hydroxylation sites is 1. The van der Waals surface area contributed by atoms with E-state index in [1.807, 2.05) is 43.0 Å². The molecule has 23 heavy (non-hydrogen) atoms. The molecular formula is C19H30N2O2.